The van der Waals surface area contributed by atoms with Crippen LogP contribution in [0, 0.1) is 5.92 Å². The Morgan fingerprint density at radius 2 is 1.84 bits per heavy atom. The highest BCUT2D eigenvalue weighted by atomic mass is 16.5. The lowest BCUT2D eigenvalue weighted by atomic mass is 9.85. The fourth-order valence-corrected chi connectivity index (χ4v) is 4.54. The summed E-state index contributed by atoms with van der Waals surface area (Å²) in [6.07, 6.45) is 3.66. The topological polar surface area (TPSA) is 88.1 Å². The third-order valence-corrected chi connectivity index (χ3v) is 6.37. The summed E-state index contributed by atoms with van der Waals surface area (Å²) in [4.78, 5) is 27.4. The van der Waals surface area contributed by atoms with Gasteiger partial charge in [-0.25, -0.2) is 5.48 Å². The average Bonchev–Trinajstić information content (AvgIpc) is 3.03. The van der Waals surface area contributed by atoms with E-state index >= 15 is 0 Å². The molecule has 2 N–H and O–H groups in total. The third-order valence-electron chi connectivity index (χ3n) is 6.37. The van der Waals surface area contributed by atoms with Crippen molar-refractivity contribution in [2.45, 2.75) is 44.4 Å². The van der Waals surface area contributed by atoms with Crippen LogP contribution in [0.25, 0.3) is 0 Å². The SMILES string of the molecule is COC1CCC(C(=O)N2Cc3ccc(C(=O)NO)cc3OC[C@@H]2c2ccccc2)CC1. The first-order chi connectivity index (χ1) is 15.1. The second-order valence-corrected chi connectivity index (χ2v) is 8.18. The number of nitrogens with zero attached hydrogens (tertiary/aromatic N) is 1. The molecule has 2 amide bonds. The summed E-state index contributed by atoms with van der Waals surface area (Å²) in [5.74, 6) is 0.0640. The molecule has 31 heavy (non-hydrogen) atoms. The van der Waals surface area contributed by atoms with Gasteiger partial charge in [0.2, 0.25) is 5.91 Å². The number of ether oxygens (including phenoxy) is 2. The van der Waals surface area contributed by atoms with Crippen molar-refractivity contribution in [2.75, 3.05) is 13.7 Å². The number of hydrogen-bond acceptors (Lipinski definition) is 5. The molecular formula is C24H28N2O5. The molecule has 0 aromatic heterocycles. The maximum Gasteiger partial charge on any atom is 0.274 e. The molecule has 1 heterocycles. The Kier molecular flexibility index (Phi) is 6.53. The third kappa shape index (κ3) is 4.57. The molecule has 7 nitrogen and oxygen atoms in total. The molecule has 164 valence electrons. The van der Waals surface area contributed by atoms with Gasteiger partial charge in [-0.05, 0) is 43.4 Å². The van der Waals surface area contributed by atoms with Crippen molar-refractivity contribution >= 4 is 11.8 Å². The minimum absolute atomic E-state index is 0.0291. The molecule has 2 aromatic rings. The van der Waals surface area contributed by atoms with E-state index in [1.807, 2.05) is 35.2 Å². The van der Waals surface area contributed by atoms with E-state index in [1.165, 1.54) is 0 Å². The highest BCUT2D eigenvalue weighted by Gasteiger charge is 2.35. The molecule has 1 fully saturated rings. The second kappa shape index (κ2) is 9.49. The van der Waals surface area contributed by atoms with Crippen molar-refractivity contribution in [1.29, 1.82) is 0 Å². The number of amides is 2. The van der Waals surface area contributed by atoms with E-state index in [9.17, 15) is 9.59 Å². The lowest BCUT2D eigenvalue weighted by Gasteiger charge is -2.35. The van der Waals surface area contributed by atoms with Gasteiger partial charge in [0.15, 0.2) is 0 Å². The van der Waals surface area contributed by atoms with Gasteiger partial charge in [0.1, 0.15) is 12.4 Å². The van der Waals surface area contributed by atoms with E-state index in [-0.39, 0.29) is 24.0 Å². The first-order valence-corrected chi connectivity index (χ1v) is 10.7. The fraction of sp³-hybridized carbons (Fsp3) is 0.417. The van der Waals surface area contributed by atoms with Crippen molar-refractivity contribution < 1.29 is 24.3 Å². The number of hydroxylamine groups is 1. The van der Waals surface area contributed by atoms with E-state index in [2.05, 4.69) is 0 Å². The van der Waals surface area contributed by atoms with Gasteiger partial charge in [-0.1, -0.05) is 36.4 Å². The molecule has 1 aliphatic carbocycles. The molecule has 0 saturated heterocycles. The summed E-state index contributed by atoms with van der Waals surface area (Å²) in [5.41, 5.74) is 3.80. The number of benzene rings is 2. The maximum atomic E-state index is 13.6. The largest absolute Gasteiger partial charge is 0.491 e. The summed E-state index contributed by atoms with van der Waals surface area (Å²) in [6.45, 7) is 0.694. The Labute approximate surface area is 181 Å². The fourth-order valence-electron chi connectivity index (χ4n) is 4.54. The molecule has 1 aliphatic heterocycles. The van der Waals surface area contributed by atoms with E-state index < -0.39 is 5.91 Å². The van der Waals surface area contributed by atoms with Crippen LogP contribution in [-0.4, -0.2) is 41.7 Å². The van der Waals surface area contributed by atoms with Gasteiger partial charge in [-0.2, -0.15) is 0 Å². The number of carbonyl (C=O) groups is 2. The molecule has 0 radical (unpaired) electrons. The van der Waals surface area contributed by atoms with Crippen molar-refractivity contribution in [3.8, 4) is 5.75 Å². The predicted molar refractivity (Wildman–Crippen MR) is 114 cm³/mol. The normalized spacial score (nSPS) is 23.3. The molecule has 0 unspecified atom stereocenters. The lowest BCUT2D eigenvalue weighted by Crippen LogP contribution is -2.41. The molecule has 0 spiro atoms. The zero-order valence-electron chi connectivity index (χ0n) is 17.6. The first-order valence-electron chi connectivity index (χ1n) is 10.7. The van der Waals surface area contributed by atoms with E-state index in [0.717, 1.165) is 36.8 Å². The average molecular weight is 424 g/mol. The summed E-state index contributed by atoms with van der Waals surface area (Å²) in [5, 5.41) is 8.93. The van der Waals surface area contributed by atoms with Crippen LogP contribution in [0.2, 0.25) is 0 Å². The van der Waals surface area contributed by atoms with Crippen molar-refractivity contribution in [3.05, 3.63) is 65.2 Å². The highest BCUT2D eigenvalue weighted by molar-refractivity contribution is 5.93. The van der Waals surface area contributed by atoms with Crippen molar-refractivity contribution in [1.82, 2.24) is 10.4 Å². The summed E-state index contributed by atoms with van der Waals surface area (Å²) in [6, 6.07) is 14.7. The number of nitrogens with one attached hydrogen (secondary N) is 1. The van der Waals surface area contributed by atoms with Gasteiger partial charge in [0.25, 0.3) is 5.91 Å². The molecule has 7 heteroatoms. The molecule has 4 rings (SSSR count). The number of carbonyl (C=O) groups excluding carboxylic acids is 2. The van der Waals surface area contributed by atoms with E-state index in [4.69, 9.17) is 14.7 Å². The van der Waals surface area contributed by atoms with Crippen LogP contribution in [0.15, 0.2) is 48.5 Å². The number of rotatable bonds is 4. The number of hydrogen-bond donors (Lipinski definition) is 2. The highest BCUT2D eigenvalue weighted by Crippen LogP contribution is 2.36. The number of fused-ring (bicyclic) bond motifs is 1. The van der Waals surface area contributed by atoms with Gasteiger partial charge < -0.3 is 14.4 Å². The Morgan fingerprint density at radius 3 is 2.52 bits per heavy atom. The standard InChI is InChI=1S/C24H28N2O5/c1-30-20-11-9-17(10-12-20)24(28)26-14-19-8-7-18(23(27)25-29)13-22(19)31-15-21(26)16-5-3-2-4-6-16/h2-8,13,17,20-21,29H,9-12,14-15H2,1H3,(H,25,27)/t17?,20?,21-/m1/s1. The van der Waals surface area contributed by atoms with Crippen LogP contribution >= 0.6 is 0 Å². The Morgan fingerprint density at radius 1 is 1.10 bits per heavy atom. The minimum Gasteiger partial charge on any atom is -0.491 e. The molecular weight excluding hydrogens is 396 g/mol. The van der Waals surface area contributed by atoms with Gasteiger partial charge in [-0.15, -0.1) is 0 Å². The Bertz CT molecular complexity index is 925. The minimum atomic E-state index is -0.599. The quantitative estimate of drug-likeness (QED) is 0.580. The molecule has 1 atom stereocenters. The van der Waals surface area contributed by atoms with E-state index in [1.54, 1.807) is 30.8 Å². The van der Waals surface area contributed by atoms with Gasteiger partial charge >= 0.3 is 0 Å². The summed E-state index contributed by atoms with van der Waals surface area (Å²) in [7, 11) is 1.73. The van der Waals surface area contributed by atoms with E-state index in [0.29, 0.717) is 24.5 Å². The van der Waals surface area contributed by atoms with Crippen LogP contribution in [0.3, 0.4) is 0 Å². The van der Waals surface area contributed by atoms with Crippen LogP contribution in [0.1, 0.15) is 53.2 Å². The van der Waals surface area contributed by atoms with Crippen molar-refractivity contribution in [3.63, 3.8) is 0 Å². The lowest BCUT2D eigenvalue weighted by molar-refractivity contribution is -0.141. The molecule has 2 aliphatic rings. The Hall–Kier alpha value is -2.90. The molecule has 0 bridgehead atoms. The van der Waals surface area contributed by atoms with Crippen LogP contribution in [0.5, 0.6) is 5.75 Å². The zero-order valence-corrected chi connectivity index (χ0v) is 17.6. The smallest absolute Gasteiger partial charge is 0.274 e. The number of methoxy groups -OCH3 is 1. The zero-order chi connectivity index (χ0) is 21.8. The second-order valence-electron chi connectivity index (χ2n) is 8.18. The van der Waals surface area contributed by atoms with Crippen LogP contribution < -0.4 is 10.2 Å². The van der Waals surface area contributed by atoms with Crippen LogP contribution in [0.4, 0.5) is 0 Å². The maximum absolute atomic E-state index is 13.6. The van der Waals surface area contributed by atoms with Gasteiger partial charge in [0, 0.05) is 24.2 Å². The monoisotopic (exact) mass is 424 g/mol. The summed E-state index contributed by atoms with van der Waals surface area (Å²) >= 11 is 0. The molecule has 1 saturated carbocycles. The van der Waals surface area contributed by atoms with Gasteiger partial charge in [0.05, 0.1) is 18.7 Å². The predicted octanol–water partition coefficient (Wildman–Crippen LogP) is 3.47. The first kappa shape index (κ1) is 21.3. The van der Waals surface area contributed by atoms with Crippen molar-refractivity contribution in [2.24, 2.45) is 5.92 Å². The summed E-state index contributed by atoms with van der Waals surface area (Å²) < 4.78 is 11.5. The Balaban J connectivity index is 1.63. The molecule has 2 aromatic carbocycles. The van der Waals surface area contributed by atoms with Gasteiger partial charge in [-0.3, -0.25) is 14.8 Å². The van der Waals surface area contributed by atoms with Crippen LogP contribution in [-0.2, 0) is 16.1 Å².